The van der Waals surface area contributed by atoms with Crippen LogP contribution in [0.3, 0.4) is 0 Å². The first-order valence-corrected chi connectivity index (χ1v) is 7.20. The van der Waals surface area contributed by atoms with E-state index in [-0.39, 0.29) is 18.4 Å². The van der Waals surface area contributed by atoms with Gasteiger partial charge in [0.05, 0.1) is 0 Å². The molecular formula is C14H28N2O4. The largest absolute Gasteiger partial charge is 0.480 e. The van der Waals surface area contributed by atoms with Crippen molar-refractivity contribution in [2.45, 2.75) is 58.9 Å². The number of carbonyl (C=O) groups excluding carboxylic acids is 1. The van der Waals surface area contributed by atoms with Crippen LogP contribution in [-0.4, -0.2) is 41.4 Å². The monoisotopic (exact) mass is 288 g/mol. The summed E-state index contributed by atoms with van der Waals surface area (Å²) in [4.78, 5) is 22.5. The number of hydrogen-bond acceptors (Lipinski definition) is 3. The fourth-order valence-corrected chi connectivity index (χ4v) is 1.86. The average Bonchev–Trinajstić information content (AvgIpc) is 2.36. The van der Waals surface area contributed by atoms with E-state index in [4.69, 9.17) is 10.2 Å². The van der Waals surface area contributed by atoms with Crippen LogP contribution >= 0.6 is 0 Å². The Bertz CT molecular complexity index is 306. The lowest BCUT2D eigenvalue weighted by Crippen LogP contribution is -2.48. The summed E-state index contributed by atoms with van der Waals surface area (Å²) in [6.45, 7) is 6.51. The molecule has 0 saturated carbocycles. The van der Waals surface area contributed by atoms with Gasteiger partial charge in [0.15, 0.2) is 0 Å². The molecule has 1 atom stereocenters. The third kappa shape index (κ3) is 8.74. The van der Waals surface area contributed by atoms with Gasteiger partial charge in [0.2, 0.25) is 0 Å². The number of aliphatic hydroxyl groups is 1. The summed E-state index contributed by atoms with van der Waals surface area (Å²) in [5, 5.41) is 22.7. The number of carboxylic acid groups (broad SMARTS) is 1. The fraction of sp³-hybridized carbons (Fsp3) is 0.857. The second-order valence-corrected chi connectivity index (χ2v) is 5.85. The van der Waals surface area contributed by atoms with E-state index in [2.05, 4.69) is 31.4 Å². The van der Waals surface area contributed by atoms with Crippen LogP contribution in [0.5, 0.6) is 0 Å². The number of hydrogen-bond donors (Lipinski definition) is 4. The number of carboxylic acids is 1. The normalized spacial score (nSPS) is 12.8. The van der Waals surface area contributed by atoms with Crippen molar-refractivity contribution in [1.82, 2.24) is 10.6 Å². The predicted molar refractivity (Wildman–Crippen MR) is 77.6 cm³/mol. The summed E-state index contributed by atoms with van der Waals surface area (Å²) in [5.41, 5.74) is -0.0117. The molecule has 6 heteroatoms. The Balaban J connectivity index is 4.10. The molecule has 0 aliphatic carbocycles. The summed E-state index contributed by atoms with van der Waals surface area (Å²) < 4.78 is 0. The minimum atomic E-state index is -1.14. The molecular weight excluding hydrogens is 260 g/mol. The first-order chi connectivity index (χ1) is 9.32. The maximum atomic E-state index is 11.6. The Morgan fingerprint density at radius 2 is 1.90 bits per heavy atom. The van der Waals surface area contributed by atoms with Crippen molar-refractivity contribution in [1.29, 1.82) is 0 Å². The van der Waals surface area contributed by atoms with Crippen LogP contribution in [0.1, 0.15) is 52.9 Å². The molecule has 0 rings (SSSR count). The van der Waals surface area contributed by atoms with Gasteiger partial charge in [0.1, 0.15) is 6.04 Å². The molecule has 0 saturated heterocycles. The Kier molecular flexibility index (Phi) is 8.96. The van der Waals surface area contributed by atoms with Gasteiger partial charge >= 0.3 is 12.0 Å². The SMILES string of the molecule is CCCCCC(C)(C)CNC(=O)N[C@H](CCO)C(=O)O. The number of urea groups is 1. The van der Waals surface area contributed by atoms with Gasteiger partial charge in [-0.05, 0) is 11.8 Å². The minimum Gasteiger partial charge on any atom is -0.480 e. The van der Waals surface area contributed by atoms with Crippen LogP contribution in [0.25, 0.3) is 0 Å². The molecule has 2 amide bonds. The van der Waals surface area contributed by atoms with E-state index in [0.717, 1.165) is 19.3 Å². The standard InChI is InChI=1S/C14H28N2O4/c1-4-5-6-8-14(2,3)10-15-13(20)16-11(7-9-17)12(18)19/h11,17H,4-10H2,1-3H3,(H,18,19)(H2,15,16,20)/t11-/m1/s1. The van der Waals surface area contributed by atoms with E-state index >= 15 is 0 Å². The number of aliphatic hydroxyl groups excluding tert-OH is 1. The summed E-state index contributed by atoms with van der Waals surface area (Å²) in [5.74, 6) is -1.14. The summed E-state index contributed by atoms with van der Waals surface area (Å²) >= 11 is 0. The molecule has 0 aromatic carbocycles. The molecule has 0 bridgehead atoms. The van der Waals surface area contributed by atoms with E-state index in [1.165, 1.54) is 6.42 Å². The number of rotatable bonds is 10. The van der Waals surface area contributed by atoms with E-state index in [1.807, 2.05) is 0 Å². The van der Waals surface area contributed by atoms with Gasteiger partial charge in [-0.25, -0.2) is 9.59 Å². The first kappa shape index (κ1) is 18.7. The summed E-state index contributed by atoms with van der Waals surface area (Å²) in [6.07, 6.45) is 4.47. The van der Waals surface area contributed by atoms with E-state index in [0.29, 0.717) is 6.54 Å². The quantitative estimate of drug-likeness (QED) is 0.460. The van der Waals surface area contributed by atoms with Crippen molar-refractivity contribution in [2.75, 3.05) is 13.2 Å². The lowest BCUT2D eigenvalue weighted by molar-refractivity contribution is -0.139. The summed E-state index contributed by atoms with van der Waals surface area (Å²) in [7, 11) is 0. The Morgan fingerprint density at radius 3 is 2.40 bits per heavy atom. The zero-order valence-electron chi connectivity index (χ0n) is 12.7. The van der Waals surface area contributed by atoms with E-state index in [1.54, 1.807) is 0 Å². The van der Waals surface area contributed by atoms with Gasteiger partial charge in [-0.3, -0.25) is 0 Å². The Morgan fingerprint density at radius 1 is 1.25 bits per heavy atom. The molecule has 0 aromatic rings. The Hall–Kier alpha value is -1.30. The second kappa shape index (κ2) is 9.58. The minimum absolute atomic E-state index is 0.00263. The average molecular weight is 288 g/mol. The zero-order valence-corrected chi connectivity index (χ0v) is 12.7. The highest BCUT2D eigenvalue weighted by Crippen LogP contribution is 2.22. The number of unbranched alkanes of at least 4 members (excludes halogenated alkanes) is 2. The smallest absolute Gasteiger partial charge is 0.326 e. The van der Waals surface area contributed by atoms with Crippen LogP contribution in [0.4, 0.5) is 4.79 Å². The second-order valence-electron chi connectivity index (χ2n) is 5.85. The van der Waals surface area contributed by atoms with Crippen molar-refractivity contribution in [3.8, 4) is 0 Å². The lowest BCUT2D eigenvalue weighted by atomic mass is 9.87. The van der Waals surface area contributed by atoms with Gasteiger partial charge in [-0.1, -0.05) is 40.0 Å². The van der Waals surface area contributed by atoms with Crippen LogP contribution in [0.2, 0.25) is 0 Å². The maximum absolute atomic E-state index is 11.6. The third-order valence-corrected chi connectivity index (χ3v) is 3.21. The van der Waals surface area contributed by atoms with Crippen LogP contribution in [0, 0.1) is 5.41 Å². The third-order valence-electron chi connectivity index (χ3n) is 3.21. The lowest BCUT2D eigenvalue weighted by Gasteiger charge is -2.25. The molecule has 0 heterocycles. The molecule has 0 aliphatic heterocycles. The van der Waals surface area contributed by atoms with Crippen LogP contribution in [-0.2, 0) is 4.79 Å². The zero-order chi connectivity index (χ0) is 15.6. The highest BCUT2D eigenvalue weighted by molar-refractivity contribution is 5.82. The maximum Gasteiger partial charge on any atom is 0.326 e. The molecule has 20 heavy (non-hydrogen) atoms. The van der Waals surface area contributed by atoms with Gasteiger partial charge in [-0.15, -0.1) is 0 Å². The molecule has 118 valence electrons. The van der Waals surface area contributed by atoms with Crippen LogP contribution < -0.4 is 10.6 Å². The number of carbonyl (C=O) groups is 2. The molecule has 0 aliphatic rings. The molecule has 0 fully saturated rings. The molecule has 0 radical (unpaired) electrons. The highest BCUT2D eigenvalue weighted by Gasteiger charge is 2.22. The molecule has 4 N–H and O–H groups in total. The molecule has 0 unspecified atom stereocenters. The van der Waals surface area contributed by atoms with E-state index in [9.17, 15) is 9.59 Å². The van der Waals surface area contributed by atoms with Gasteiger partial charge in [0, 0.05) is 19.6 Å². The van der Waals surface area contributed by atoms with Crippen molar-refractivity contribution in [3.63, 3.8) is 0 Å². The van der Waals surface area contributed by atoms with E-state index < -0.39 is 18.0 Å². The molecule has 0 spiro atoms. The molecule has 0 aromatic heterocycles. The first-order valence-electron chi connectivity index (χ1n) is 7.20. The van der Waals surface area contributed by atoms with Crippen molar-refractivity contribution < 1.29 is 19.8 Å². The number of amides is 2. The van der Waals surface area contributed by atoms with Crippen molar-refractivity contribution in [3.05, 3.63) is 0 Å². The highest BCUT2D eigenvalue weighted by atomic mass is 16.4. The predicted octanol–water partition coefficient (Wildman–Crippen LogP) is 1.73. The van der Waals surface area contributed by atoms with Gasteiger partial charge < -0.3 is 20.8 Å². The van der Waals surface area contributed by atoms with Crippen LogP contribution in [0.15, 0.2) is 0 Å². The van der Waals surface area contributed by atoms with Crippen molar-refractivity contribution in [2.24, 2.45) is 5.41 Å². The topological polar surface area (TPSA) is 98.7 Å². The number of nitrogens with one attached hydrogen (secondary N) is 2. The summed E-state index contributed by atoms with van der Waals surface area (Å²) in [6, 6.07) is -1.56. The molecule has 6 nitrogen and oxygen atoms in total. The van der Waals surface area contributed by atoms with Gasteiger partial charge in [-0.2, -0.15) is 0 Å². The fourth-order valence-electron chi connectivity index (χ4n) is 1.86. The van der Waals surface area contributed by atoms with Gasteiger partial charge in [0.25, 0.3) is 0 Å². The number of aliphatic carboxylic acids is 1. The van der Waals surface area contributed by atoms with Crippen molar-refractivity contribution >= 4 is 12.0 Å². The Labute approximate surface area is 120 Å².